The van der Waals surface area contributed by atoms with Crippen LogP contribution in [0.2, 0.25) is 0 Å². The van der Waals surface area contributed by atoms with Crippen molar-refractivity contribution in [2.45, 2.75) is 33.7 Å². The fraction of sp³-hybridized carbons (Fsp3) is 0.571. The van der Waals surface area contributed by atoms with Gasteiger partial charge in [-0.3, -0.25) is 0 Å². The summed E-state index contributed by atoms with van der Waals surface area (Å²) in [7, 11) is 1.98. The van der Waals surface area contributed by atoms with Gasteiger partial charge in [-0.2, -0.15) is 0 Å². The molecule has 0 fully saturated rings. The summed E-state index contributed by atoms with van der Waals surface area (Å²) in [6, 6.07) is 6.59. The highest BCUT2D eigenvalue weighted by Gasteiger charge is 2.12. The Hall–Kier alpha value is -1.02. The topological polar surface area (TPSA) is 21.3 Å². The number of hydrogen-bond donors (Lipinski definition) is 1. The molecular weight excluding hydrogens is 198 g/mol. The molecule has 1 atom stereocenters. The minimum atomic E-state index is 0.403. The second kappa shape index (κ2) is 5.90. The van der Waals surface area contributed by atoms with Gasteiger partial charge in [0.25, 0.3) is 0 Å². The molecule has 0 aromatic heterocycles. The zero-order valence-electron chi connectivity index (χ0n) is 11.0. The third-order valence-electron chi connectivity index (χ3n) is 3.15. The van der Waals surface area contributed by atoms with Crippen molar-refractivity contribution in [3.05, 3.63) is 29.3 Å². The normalized spacial score (nSPS) is 12.9. The summed E-state index contributed by atoms with van der Waals surface area (Å²) >= 11 is 0. The summed E-state index contributed by atoms with van der Waals surface area (Å²) in [6.45, 7) is 9.34. The van der Waals surface area contributed by atoms with Crippen LogP contribution in [0.1, 0.15) is 25.0 Å². The molecule has 0 amide bonds. The van der Waals surface area contributed by atoms with E-state index in [1.807, 2.05) is 19.2 Å². The molecule has 2 heteroatoms. The van der Waals surface area contributed by atoms with Crippen LogP contribution in [0.15, 0.2) is 18.2 Å². The smallest absolute Gasteiger partial charge is 0.122 e. The van der Waals surface area contributed by atoms with Crippen molar-refractivity contribution >= 4 is 0 Å². The molecule has 0 aliphatic heterocycles. The maximum Gasteiger partial charge on any atom is 0.122 e. The quantitative estimate of drug-likeness (QED) is 0.825. The Morgan fingerprint density at radius 1 is 1.25 bits per heavy atom. The summed E-state index contributed by atoms with van der Waals surface area (Å²) in [6.07, 6.45) is 0. The Labute approximate surface area is 99.0 Å². The minimum absolute atomic E-state index is 0.403. The monoisotopic (exact) mass is 221 g/mol. The lowest BCUT2D eigenvalue weighted by atomic mass is 10.1. The Morgan fingerprint density at radius 2 is 1.94 bits per heavy atom. The number of rotatable bonds is 5. The molecule has 0 heterocycles. The molecule has 16 heavy (non-hydrogen) atoms. The summed E-state index contributed by atoms with van der Waals surface area (Å²) in [5.74, 6) is 1.58. The summed E-state index contributed by atoms with van der Waals surface area (Å²) in [4.78, 5) is 0. The highest BCUT2D eigenvalue weighted by atomic mass is 16.5. The van der Waals surface area contributed by atoms with Crippen LogP contribution in [0.3, 0.4) is 0 Å². The highest BCUT2D eigenvalue weighted by molar-refractivity contribution is 5.38. The van der Waals surface area contributed by atoms with E-state index in [1.54, 1.807) is 0 Å². The van der Waals surface area contributed by atoms with Crippen molar-refractivity contribution in [1.29, 1.82) is 0 Å². The molecule has 0 spiro atoms. The van der Waals surface area contributed by atoms with Gasteiger partial charge in [-0.15, -0.1) is 0 Å². The van der Waals surface area contributed by atoms with E-state index in [4.69, 9.17) is 4.74 Å². The van der Waals surface area contributed by atoms with Crippen LogP contribution in [0, 0.1) is 19.8 Å². The zero-order valence-corrected chi connectivity index (χ0v) is 11.0. The fourth-order valence-electron chi connectivity index (χ4n) is 1.67. The minimum Gasteiger partial charge on any atom is -0.492 e. The average Bonchev–Trinajstić information content (AvgIpc) is 2.24. The molecule has 0 saturated carbocycles. The van der Waals surface area contributed by atoms with Gasteiger partial charge in [-0.25, -0.2) is 0 Å². The first-order valence-electron chi connectivity index (χ1n) is 5.92. The molecule has 0 bridgehead atoms. The van der Waals surface area contributed by atoms with Crippen molar-refractivity contribution in [3.63, 3.8) is 0 Å². The molecule has 1 N–H and O–H groups in total. The second-order valence-electron chi connectivity index (χ2n) is 4.65. The maximum atomic E-state index is 5.87. The van der Waals surface area contributed by atoms with Crippen LogP contribution in [0.5, 0.6) is 5.75 Å². The molecule has 0 saturated heterocycles. The lowest BCUT2D eigenvalue weighted by molar-refractivity contribution is 0.236. The van der Waals surface area contributed by atoms with E-state index >= 15 is 0 Å². The molecule has 0 aliphatic rings. The number of hydrogen-bond acceptors (Lipinski definition) is 2. The SMILES string of the molecule is CNC(COc1cccc(C)c1C)C(C)C. The molecule has 1 aromatic carbocycles. The molecule has 1 unspecified atom stereocenters. The predicted octanol–water partition coefficient (Wildman–Crippen LogP) is 2.93. The van der Waals surface area contributed by atoms with Gasteiger partial charge in [0, 0.05) is 6.04 Å². The van der Waals surface area contributed by atoms with Gasteiger partial charge in [0.05, 0.1) is 0 Å². The van der Waals surface area contributed by atoms with E-state index in [9.17, 15) is 0 Å². The van der Waals surface area contributed by atoms with Gasteiger partial charge in [-0.1, -0.05) is 26.0 Å². The van der Waals surface area contributed by atoms with Gasteiger partial charge < -0.3 is 10.1 Å². The van der Waals surface area contributed by atoms with Crippen LogP contribution in [-0.4, -0.2) is 19.7 Å². The van der Waals surface area contributed by atoms with Crippen molar-refractivity contribution in [1.82, 2.24) is 5.32 Å². The van der Waals surface area contributed by atoms with Gasteiger partial charge in [0.1, 0.15) is 12.4 Å². The predicted molar refractivity (Wildman–Crippen MR) is 69.1 cm³/mol. The Bertz CT molecular complexity index is 334. The number of nitrogens with one attached hydrogen (secondary N) is 1. The third kappa shape index (κ3) is 3.24. The van der Waals surface area contributed by atoms with Crippen molar-refractivity contribution < 1.29 is 4.74 Å². The summed E-state index contributed by atoms with van der Waals surface area (Å²) in [5.41, 5.74) is 2.52. The van der Waals surface area contributed by atoms with Gasteiger partial charge in [0.2, 0.25) is 0 Å². The van der Waals surface area contributed by atoms with Crippen LogP contribution >= 0.6 is 0 Å². The standard InChI is InChI=1S/C14H23NO/c1-10(2)13(15-5)9-16-14-8-6-7-11(3)12(14)4/h6-8,10,13,15H,9H2,1-5H3. The van der Waals surface area contributed by atoms with E-state index in [2.05, 4.69) is 39.1 Å². The van der Waals surface area contributed by atoms with E-state index < -0.39 is 0 Å². The summed E-state index contributed by atoms with van der Waals surface area (Å²) in [5, 5.41) is 3.28. The van der Waals surface area contributed by atoms with Crippen molar-refractivity contribution in [2.75, 3.05) is 13.7 Å². The van der Waals surface area contributed by atoms with Gasteiger partial charge >= 0.3 is 0 Å². The lowest BCUT2D eigenvalue weighted by Gasteiger charge is -2.21. The van der Waals surface area contributed by atoms with Gasteiger partial charge in [-0.05, 0) is 44.0 Å². The second-order valence-corrected chi connectivity index (χ2v) is 4.65. The molecule has 2 nitrogen and oxygen atoms in total. The van der Waals surface area contributed by atoms with Crippen LogP contribution in [0.25, 0.3) is 0 Å². The first-order valence-corrected chi connectivity index (χ1v) is 5.92. The highest BCUT2D eigenvalue weighted by Crippen LogP contribution is 2.21. The number of benzene rings is 1. The first-order chi connectivity index (χ1) is 7.56. The molecule has 0 radical (unpaired) electrons. The molecule has 1 aromatic rings. The van der Waals surface area contributed by atoms with E-state index in [1.165, 1.54) is 11.1 Å². The van der Waals surface area contributed by atoms with Crippen molar-refractivity contribution in [2.24, 2.45) is 5.92 Å². The van der Waals surface area contributed by atoms with E-state index in [0.717, 1.165) is 12.4 Å². The van der Waals surface area contributed by atoms with Gasteiger partial charge in [0.15, 0.2) is 0 Å². The molecular formula is C14H23NO. The number of ether oxygens (including phenoxy) is 1. The lowest BCUT2D eigenvalue weighted by Crippen LogP contribution is -2.36. The van der Waals surface area contributed by atoms with Crippen LogP contribution in [-0.2, 0) is 0 Å². The van der Waals surface area contributed by atoms with Crippen molar-refractivity contribution in [3.8, 4) is 5.75 Å². The van der Waals surface area contributed by atoms with E-state index in [-0.39, 0.29) is 0 Å². The van der Waals surface area contributed by atoms with Crippen LogP contribution in [0.4, 0.5) is 0 Å². The zero-order chi connectivity index (χ0) is 12.1. The molecule has 90 valence electrons. The third-order valence-corrected chi connectivity index (χ3v) is 3.15. The Kier molecular flexibility index (Phi) is 4.81. The molecule has 0 aliphatic carbocycles. The average molecular weight is 221 g/mol. The number of likely N-dealkylation sites (N-methyl/N-ethyl adjacent to an activating group) is 1. The fourth-order valence-corrected chi connectivity index (χ4v) is 1.67. The van der Waals surface area contributed by atoms with Crippen LogP contribution < -0.4 is 10.1 Å². The maximum absolute atomic E-state index is 5.87. The Balaban J connectivity index is 2.64. The largest absolute Gasteiger partial charge is 0.492 e. The Morgan fingerprint density at radius 3 is 2.50 bits per heavy atom. The molecule has 1 rings (SSSR count). The first kappa shape index (κ1) is 13.0. The number of aryl methyl sites for hydroxylation is 1. The van der Waals surface area contributed by atoms with E-state index in [0.29, 0.717) is 12.0 Å². The summed E-state index contributed by atoms with van der Waals surface area (Å²) < 4.78 is 5.87.